The number of aromatic nitrogens is 4. The second kappa shape index (κ2) is 9.93. The highest BCUT2D eigenvalue weighted by Gasteiger charge is 2.34. The molecule has 1 aliphatic heterocycles. The van der Waals surface area contributed by atoms with Crippen LogP contribution in [0.15, 0.2) is 60.9 Å². The summed E-state index contributed by atoms with van der Waals surface area (Å²) in [5.41, 5.74) is 1.02. The molecule has 13 heteroatoms. The number of halogens is 5. The zero-order valence-corrected chi connectivity index (χ0v) is 20.2. The van der Waals surface area contributed by atoms with Crippen LogP contribution in [0.1, 0.15) is 12.1 Å². The van der Waals surface area contributed by atoms with E-state index in [9.17, 15) is 27.5 Å². The molecule has 2 N–H and O–H groups in total. The van der Waals surface area contributed by atoms with Gasteiger partial charge in [0, 0.05) is 42.4 Å². The number of anilines is 3. The molecule has 0 bridgehead atoms. The first-order chi connectivity index (χ1) is 18.1. The van der Waals surface area contributed by atoms with Crippen molar-refractivity contribution in [2.75, 3.05) is 23.3 Å². The normalized spacial score (nSPS) is 15.6. The van der Waals surface area contributed by atoms with Crippen molar-refractivity contribution < 1.29 is 27.5 Å². The van der Waals surface area contributed by atoms with Crippen LogP contribution in [0.3, 0.4) is 0 Å². The first-order valence-electron chi connectivity index (χ1n) is 11.4. The molecule has 1 fully saturated rings. The van der Waals surface area contributed by atoms with Crippen LogP contribution >= 0.6 is 11.6 Å². The van der Waals surface area contributed by atoms with Crippen molar-refractivity contribution in [2.45, 2.75) is 12.6 Å². The third-order valence-corrected chi connectivity index (χ3v) is 6.39. The second-order valence-electron chi connectivity index (χ2n) is 8.65. The van der Waals surface area contributed by atoms with Crippen molar-refractivity contribution in [3.63, 3.8) is 0 Å². The quantitative estimate of drug-likeness (QED) is 0.295. The predicted molar refractivity (Wildman–Crippen MR) is 132 cm³/mol. The fourth-order valence-electron chi connectivity index (χ4n) is 4.17. The number of carboxylic acids is 1. The summed E-state index contributed by atoms with van der Waals surface area (Å²) in [4.78, 5) is 22.0. The van der Waals surface area contributed by atoms with Gasteiger partial charge in [-0.15, -0.1) is 0 Å². The van der Waals surface area contributed by atoms with Crippen molar-refractivity contribution in [2.24, 2.45) is 5.92 Å². The summed E-state index contributed by atoms with van der Waals surface area (Å²) in [6.45, 7) is 0.903. The number of rotatable bonds is 6. The summed E-state index contributed by atoms with van der Waals surface area (Å²) in [6.07, 6.45) is -1.56. The van der Waals surface area contributed by atoms with Gasteiger partial charge >= 0.3 is 12.1 Å². The summed E-state index contributed by atoms with van der Waals surface area (Å²) in [7, 11) is 0. The van der Waals surface area contributed by atoms with E-state index in [1.54, 1.807) is 18.2 Å². The Balaban J connectivity index is 1.54. The summed E-state index contributed by atoms with van der Waals surface area (Å²) in [5, 5.41) is 15.7. The van der Waals surface area contributed by atoms with Gasteiger partial charge in [-0.25, -0.2) is 14.1 Å². The number of carbonyl (C=O) groups is 1. The van der Waals surface area contributed by atoms with Crippen LogP contribution < -0.4 is 10.2 Å². The van der Waals surface area contributed by atoms with Gasteiger partial charge in [-0.05, 0) is 48.4 Å². The summed E-state index contributed by atoms with van der Waals surface area (Å²) < 4.78 is 54.4. The molecule has 0 radical (unpaired) electrons. The number of carboxylic acid groups (broad SMARTS) is 1. The lowest BCUT2D eigenvalue weighted by atomic mass is 10.1. The molecular weight excluding hydrogens is 528 g/mol. The number of nitrogens with zero attached hydrogens (tertiary/aromatic N) is 5. The van der Waals surface area contributed by atoms with Crippen LogP contribution in [0.2, 0.25) is 5.02 Å². The zero-order valence-electron chi connectivity index (χ0n) is 19.5. The van der Waals surface area contributed by atoms with Crippen LogP contribution in [0.25, 0.3) is 16.9 Å². The molecule has 0 saturated carbocycles. The molecule has 2 aromatic heterocycles. The third-order valence-electron chi connectivity index (χ3n) is 6.10. The number of aliphatic carboxylic acids is 1. The van der Waals surface area contributed by atoms with Gasteiger partial charge in [0.05, 0.1) is 10.9 Å². The molecule has 3 heterocycles. The minimum atomic E-state index is -4.65. The van der Waals surface area contributed by atoms with Gasteiger partial charge in [-0.3, -0.25) is 4.79 Å². The lowest BCUT2D eigenvalue weighted by molar-refractivity contribution is -0.142. The van der Waals surface area contributed by atoms with E-state index in [0.29, 0.717) is 36.3 Å². The van der Waals surface area contributed by atoms with Crippen LogP contribution in [-0.4, -0.2) is 43.9 Å². The lowest BCUT2D eigenvalue weighted by Gasteiger charge is -2.19. The van der Waals surface area contributed by atoms with Crippen LogP contribution in [0.5, 0.6) is 0 Å². The Morgan fingerprint density at radius 3 is 2.66 bits per heavy atom. The SMILES string of the molecule is O=C(O)C1CCN(c2cccc(-c3cnc(Nc4ccc(F)c(Cl)c4)nc3-n3ccc(C(F)(F)F)n3)c2)C1. The van der Waals surface area contributed by atoms with Crippen molar-refractivity contribution in [1.29, 1.82) is 0 Å². The predicted octanol–water partition coefficient (Wildman–Crippen LogP) is 5.80. The molecule has 0 spiro atoms. The van der Waals surface area contributed by atoms with E-state index >= 15 is 0 Å². The fraction of sp³-hybridized carbons (Fsp3) is 0.200. The standard InChI is InChI=1S/C25H19ClF4N6O2/c26-19-11-16(4-5-20(19)27)32-24-31-12-18(22(33-24)36-9-7-21(34-36)25(28,29)30)14-2-1-3-17(10-14)35-8-6-15(13-35)23(37)38/h1-5,7,9-12,15H,6,8,13H2,(H,37,38)(H,31,32,33). The highest BCUT2D eigenvalue weighted by atomic mass is 35.5. The topological polar surface area (TPSA) is 96.2 Å². The van der Waals surface area contributed by atoms with Gasteiger partial charge < -0.3 is 15.3 Å². The van der Waals surface area contributed by atoms with E-state index in [1.807, 2.05) is 11.0 Å². The molecule has 2 aromatic carbocycles. The molecule has 8 nitrogen and oxygen atoms in total. The Hall–Kier alpha value is -4.19. The van der Waals surface area contributed by atoms with Crippen molar-refractivity contribution in [1.82, 2.24) is 19.7 Å². The molecule has 0 aliphatic carbocycles. The second-order valence-corrected chi connectivity index (χ2v) is 9.06. The van der Waals surface area contributed by atoms with Crippen LogP contribution in [-0.2, 0) is 11.0 Å². The molecule has 5 rings (SSSR count). The Kier molecular flexibility index (Phi) is 6.66. The van der Waals surface area contributed by atoms with Crippen molar-refractivity contribution in [3.8, 4) is 16.9 Å². The largest absolute Gasteiger partial charge is 0.481 e. The maximum absolute atomic E-state index is 13.5. The highest BCUT2D eigenvalue weighted by Crippen LogP contribution is 2.33. The molecule has 1 saturated heterocycles. The Morgan fingerprint density at radius 2 is 1.97 bits per heavy atom. The maximum Gasteiger partial charge on any atom is 0.435 e. The van der Waals surface area contributed by atoms with Gasteiger partial charge in [-0.2, -0.15) is 23.3 Å². The monoisotopic (exact) mass is 546 g/mol. The highest BCUT2D eigenvalue weighted by molar-refractivity contribution is 6.31. The fourth-order valence-corrected chi connectivity index (χ4v) is 4.35. The lowest BCUT2D eigenvalue weighted by Crippen LogP contribution is -2.22. The van der Waals surface area contributed by atoms with Gasteiger partial charge in [0.15, 0.2) is 11.5 Å². The average Bonchev–Trinajstić information content (AvgIpc) is 3.57. The van der Waals surface area contributed by atoms with Crippen molar-refractivity contribution in [3.05, 3.63) is 77.5 Å². The maximum atomic E-state index is 13.5. The first kappa shape index (κ1) is 25.5. The summed E-state index contributed by atoms with van der Waals surface area (Å²) in [6, 6.07) is 11.9. The minimum absolute atomic E-state index is 0.0236. The number of hydrogen-bond donors (Lipinski definition) is 2. The van der Waals surface area contributed by atoms with E-state index in [0.717, 1.165) is 28.7 Å². The molecule has 38 heavy (non-hydrogen) atoms. The first-order valence-corrected chi connectivity index (χ1v) is 11.8. The third kappa shape index (κ3) is 5.25. The number of benzene rings is 2. The Bertz CT molecular complexity index is 1510. The van der Waals surface area contributed by atoms with Crippen LogP contribution in [0, 0.1) is 11.7 Å². The molecule has 1 atom stereocenters. The van der Waals surface area contributed by atoms with E-state index in [2.05, 4.69) is 20.4 Å². The van der Waals surface area contributed by atoms with Crippen molar-refractivity contribution >= 4 is 34.9 Å². The van der Waals surface area contributed by atoms with E-state index in [1.165, 1.54) is 18.3 Å². The number of alkyl halides is 3. The van der Waals surface area contributed by atoms with E-state index < -0.39 is 29.6 Å². The number of nitrogens with one attached hydrogen (secondary N) is 1. The minimum Gasteiger partial charge on any atom is -0.481 e. The molecule has 1 unspecified atom stereocenters. The van der Waals surface area contributed by atoms with Gasteiger partial charge in [0.1, 0.15) is 5.82 Å². The number of hydrogen-bond acceptors (Lipinski definition) is 6. The molecular formula is C25H19ClF4N6O2. The smallest absolute Gasteiger partial charge is 0.435 e. The molecule has 0 amide bonds. The molecule has 1 aliphatic rings. The van der Waals surface area contributed by atoms with E-state index in [4.69, 9.17) is 11.6 Å². The van der Waals surface area contributed by atoms with E-state index in [-0.39, 0.29) is 16.8 Å². The summed E-state index contributed by atoms with van der Waals surface area (Å²) in [5.74, 6) is -1.86. The van der Waals surface area contributed by atoms with Crippen LogP contribution in [0.4, 0.5) is 34.9 Å². The van der Waals surface area contributed by atoms with Gasteiger partial charge in [-0.1, -0.05) is 23.7 Å². The molecule has 196 valence electrons. The van der Waals surface area contributed by atoms with Gasteiger partial charge in [0.25, 0.3) is 0 Å². The Morgan fingerprint density at radius 1 is 1.16 bits per heavy atom. The Labute approximate surface area is 218 Å². The zero-order chi connectivity index (χ0) is 27.0. The summed E-state index contributed by atoms with van der Waals surface area (Å²) >= 11 is 5.84. The average molecular weight is 547 g/mol. The van der Waals surface area contributed by atoms with Gasteiger partial charge in [0.2, 0.25) is 5.95 Å². The molecule has 4 aromatic rings.